The molecule has 1 aromatic rings. The summed E-state index contributed by atoms with van der Waals surface area (Å²) in [5.41, 5.74) is 1.20. The quantitative estimate of drug-likeness (QED) is 0.373. The number of esters is 1. The average Bonchev–Trinajstić information content (AvgIpc) is 2.35. The summed E-state index contributed by atoms with van der Waals surface area (Å²) < 4.78 is 4.44. The Morgan fingerprint density at radius 2 is 2.24 bits per heavy atom. The average molecular weight is 236 g/mol. The molecule has 0 fully saturated rings. The molecule has 0 bridgehead atoms. The molecule has 0 aliphatic heterocycles. The Kier molecular flexibility index (Phi) is 4.21. The molecule has 0 saturated heterocycles. The minimum atomic E-state index is -0.515. The largest absolute Gasteiger partial charge is 0.466 e. The van der Waals surface area contributed by atoms with Gasteiger partial charge >= 0.3 is 5.97 Å². The SMILES string of the molecule is CNc1ccc([N+](=O)[O-])cc1/C=C/C(=O)OC. The van der Waals surface area contributed by atoms with Crippen LogP contribution in [0.2, 0.25) is 0 Å². The standard InChI is InChI=1S/C11H12N2O4/c1-12-10-5-4-9(13(15)16)7-8(10)3-6-11(14)17-2/h3-7,12H,1-2H3/b6-3+. The van der Waals surface area contributed by atoms with E-state index in [1.165, 1.54) is 31.4 Å². The van der Waals surface area contributed by atoms with Crippen molar-refractivity contribution in [2.24, 2.45) is 0 Å². The van der Waals surface area contributed by atoms with E-state index < -0.39 is 10.9 Å². The van der Waals surface area contributed by atoms with Crippen LogP contribution in [0, 0.1) is 10.1 Å². The number of nitro benzene ring substituents is 1. The highest BCUT2D eigenvalue weighted by Gasteiger charge is 2.08. The minimum Gasteiger partial charge on any atom is -0.466 e. The molecule has 17 heavy (non-hydrogen) atoms. The predicted molar refractivity (Wildman–Crippen MR) is 63.7 cm³/mol. The number of non-ortho nitro benzene ring substituents is 1. The molecule has 0 spiro atoms. The first-order valence-electron chi connectivity index (χ1n) is 4.80. The van der Waals surface area contributed by atoms with Crippen molar-refractivity contribution in [2.45, 2.75) is 0 Å². The molecule has 0 saturated carbocycles. The molecule has 1 rings (SSSR count). The van der Waals surface area contributed by atoms with E-state index in [4.69, 9.17) is 0 Å². The van der Waals surface area contributed by atoms with E-state index in [0.29, 0.717) is 11.3 Å². The number of methoxy groups -OCH3 is 1. The smallest absolute Gasteiger partial charge is 0.330 e. The Hall–Kier alpha value is -2.37. The van der Waals surface area contributed by atoms with Crippen LogP contribution in [0.1, 0.15) is 5.56 Å². The molecular formula is C11H12N2O4. The number of ether oxygens (including phenoxy) is 1. The number of hydrogen-bond donors (Lipinski definition) is 1. The van der Waals surface area contributed by atoms with E-state index in [2.05, 4.69) is 10.1 Å². The van der Waals surface area contributed by atoms with Crippen LogP contribution in [0.25, 0.3) is 6.08 Å². The second-order valence-corrected chi connectivity index (χ2v) is 3.14. The summed E-state index contributed by atoms with van der Waals surface area (Å²) in [7, 11) is 2.95. The van der Waals surface area contributed by atoms with Crippen LogP contribution in [0.5, 0.6) is 0 Å². The lowest BCUT2D eigenvalue weighted by Gasteiger charge is -2.04. The second kappa shape index (κ2) is 5.64. The fraction of sp³-hybridized carbons (Fsp3) is 0.182. The number of nitrogens with zero attached hydrogens (tertiary/aromatic N) is 1. The number of benzene rings is 1. The number of carbonyl (C=O) groups excluding carboxylic acids is 1. The molecule has 1 N–H and O–H groups in total. The van der Waals surface area contributed by atoms with E-state index in [1.807, 2.05) is 0 Å². The van der Waals surface area contributed by atoms with Gasteiger partial charge in [0, 0.05) is 36.5 Å². The van der Waals surface area contributed by atoms with Gasteiger partial charge in [-0.2, -0.15) is 0 Å². The summed E-state index contributed by atoms with van der Waals surface area (Å²) in [6.07, 6.45) is 2.67. The van der Waals surface area contributed by atoms with E-state index in [9.17, 15) is 14.9 Å². The van der Waals surface area contributed by atoms with Crippen LogP contribution >= 0.6 is 0 Å². The normalized spacial score (nSPS) is 10.2. The van der Waals surface area contributed by atoms with E-state index in [0.717, 1.165) is 0 Å². The zero-order chi connectivity index (χ0) is 12.8. The first kappa shape index (κ1) is 12.7. The van der Waals surface area contributed by atoms with Crippen LogP contribution in [0.15, 0.2) is 24.3 Å². The zero-order valence-corrected chi connectivity index (χ0v) is 9.47. The minimum absolute atomic E-state index is 0.0338. The molecule has 6 heteroatoms. The van der Waals surface area contributed by atoms with Crippen molar-refractivity contribution in [1.82, 2.24) is 0 Å². The molecule has 0 unspecified atom stereocenters. The molecule has 6 nitrogen and oxygen atoms in total. The lowest BCUT2D eigenvalue weighted by Crippen LogP contribution is -1.96. The number of rotatable bonds is 4. The van der Waals surface area contributed by atoms with Crippen molar-refractivity contribution in [3.8, 4) is 0 Å². The van der Waals surface area contributed by atoms with E-state index in [1.54, 1.807) is 13.1 Å². The highest BCUT2D eigenvalue weighted by molar-refractivity contribution is 5.88. The highest BCUT2D eigenvalue weighted by Crippen LogP contribution is 2.22. The van der Waals surface area contributed by atoms with Gasteiger partial charge in [0.15, 0.2) is 0 Å². The molecule has 0 heterocycles. The fourth-order valence-corrected chi connectivity index (χ4v) is 1.26. The molecule has 0 aliphatic carbocycles. The fourth-order valence-electron chi connectivity index (χ4n) is 1.26. The van der Waals surface area contributed by atoms with Crippen LogP contribution in [-0.4, -0.2) is 25.1 Å². The monoisotopic (exact) mass is 236 g/mol. The van der Waals surface area contributed by atoms with E-state index in [-0.39, 0.29) is 5.69 Å². The predicted octanol–water partition coefficient (Wildman–Crippen LogP) is 1.82. The van der Waals surface area contributed by atoms with Crippen molar-refractivity contribution < 1.29 is 14.5 Å². The highest BCUT2D eigenvalue weighted by atomic mass is 16.6. The Morgan fingerprint density at radius 3 is 2.76 bits per heavy atom. The van der Waals surface area contributed by atoms with Gasteiger partial charge in [-0.1, -0.05) is 0 Å². The summed E-state index contributed by atoms with van der Waals surface area (Å²) >= 11 is 0. The van der Waals surface area contributed by atoms with Gasteiger partial charge in [0.2, 0.25) is 0 Å². The van der Waals surface area contributed by atoms with Gasteiger partial charge in [0.1, 0.15) is 0 Å². The Bertz CT molecular complexity index is 469. The number of anilines is 1. The molecule has 0 radical (unpaired) electrons. The molecular weight excluding hydrogens is 224 g/mol. The summed E-state index contributed by atoms with van der Waals surface area (Å²) in [4.78, 5) is 21.1. The number of nitrogens with one attached hydrogen (secondary N) is 1. The molecule has 0 atom stereocenters. The second-order valence-electron chi connectivity index (χ2n) is 3.14. The maximum absolute atomic E-state index is 10.9. The van der Waals surface area contributed by atoms with Crippen molar-refractivity contribution in [1.29, 1.82) is 0 Å². The topological polar surface area (TPSA) is 81.5 Å². The molecule has 0 aromatic heterocycles. The van der Waals surface area contributed by atoms with Crippen molar-refractivity contribution in [3.05, 3.63) is 40.0 Å². The van der Waals surface area contributed by atoms with Gasteiger partial charge in [-0.3, -0.25) is 10.1 Å². The molecule has 1 aromatic carbocycles. The van der Waals surface area contributed by atoms with Crippen molar-refractivity contribution >= 4 is 23.4 Å². The van der Waals surface area contributed by atoms with Gasteiger partial charge < -0.3 is 10.1 Å². The summed E-state index contributed by atoms with van der Waals surface area (Å²) in [6, 6.07) is 4.35. The van der Waals surface area contributed by atoms with Crippen LogP contribution < -0.4 is 5.32 Å². The maximum atomic E-state index is 10.9. The Balaban J connectivity index is 3.10. The van der Waals surface area contributed by atoms with Crippen LogP contribution in [0.3, 0.4) is 0 Å². The summed E-state index contributed by atoms with van der Waals surface area (Å²) in [6.45, 7) is 0. The lowest BCUT2D eigenvalue weighted by atomic mass is 10.1. The van der Waals surface area contributed by atoms with Crippen molar-refractivity contribution in [2.75, 3.05) is 19.5 Å². The van der Waals surface area contributed by atoms with Gasteiger partial charge in [0.05, 0.1) is 12.0 Å². The maximum Gasteiger partial charge on any atom is 0.330 e. The molecule has 90 valence electrons. The molecule has 0 amide bonds. The van der Waals surface area contributed by atoms with Gasteiger partial charge in [-0.05, 0) is 12.1 Å². The first-order valence-corrected chi connectivity index (χ1v) is 4.80. The first-order chi connectivity index (χ1) is 8.08. The van der Waals surface area contributed by atoms with Crippen LogP contribution in [-0.2, 0) is 9.53 Å². The lowest BCUT2D eigenvalue weighted by molar-refractivity contribution is -0.384. The Labute approximate surface area is 98.0 Å². The summed E-state index contributed by atoms with van der Waals surface area (Å²) in [5.74, 6) is -0.515. The van der Waals surface area contributed by atoms with Crippen LogP contribution in [0.4, 0.5) is 11.4 Å². The third kappa shape index (κ3) is 3.30. The summed E-state index contributed by atoms with van der Waals surface area (Å²) in [5, 5.41) is 13.5. The number of carbonyl (C=O) groups is 1. The van der Waals surface area contributed by atoms with E-state index >= 15 is 0 Å². The van der Waals surface area contributed by atoms with Gasteiger partial charge in [-0.15, -0.1) is 0 Å². The Morgan fingerprint density at radius 1 is 1.53 bits per heavy atom. The third-order valence-corrected chi connectivity index (χ3v) is 2.12. The number of nitro groups is 1. The third-order valence-electron chi connectivity index (χ3n) is 2.12. The molecule has 0 aliphatic rings. The van der Waals surface area contributed by atoms with Crippen molar-refractivity contribution in [3.63, 3.8) is 0 Å². The number of hydrogen-bond acceptors (Lipinski definition) is 5. The zero-order valence-electron chi connectivity index (χ0n) is 9.47. The van der Waals surface area contributed by atoms with Gasteiger partial charge in [-0.25, -0.2) is 4.79 Å². The van der Waals surface area contributed by atoms with Gasteiger partial charge in [0.25, 0.3) is 5.69 Å².